The van der Waals surface area contributed by atoms with Crippen LogP contribution in [0.1, 0.15) is 49.7 Å². The van der Waals surface area contributed by atoms with Crippen LogP contribution < -0.4 is 10.6 Å². The normalized spacial score (nSPS) is 20.7. The molecule has 4 unspecified atom stereocenters. The summed E-state index contributed by atoms with van der Waals surface area (Å²) in [5.74, 6) is -2.28. The lowest BCUT2D eigenvalue weighted by atomic mass is 9.78. The Balaban J connectivity index is 1.33. The van der Waals surface area contributed by atoms with Crippen molar-refractivity contribution < 1.29 is 29.3 Å². The second-order valence-corrected chi connectivity index (χ2v) is 9.42. The molecule has 0 aromatic heterocycles. The number of ether oxygens (including phenoxy) is 1. The summed E-state index contributed by atoms with van der Waals surface area (Å²) in [6, 6.07) is 14.9. The molecule has 0 bridgehead atoms. The number of carboxylic acids is 1. The van der Waals surface area contributed by atoms with Crippen molar-refractivity contribution in [1.29, 1.82) is 0 Å². The third-order valence-corrected chi connectivity index (χ3v) is 7.14. The maximum Gasteiger partial charge on any atom is 0.407 e. The summed E-state index contributed by atoms with van der Waals surface area (Å²) in [6.45, 7) is 1.81. The zero-order valence-electron chi connectivity index (χ0n) is 19.8. The molecule has 4 rings (SSSR count). The molecule has 0 spiro atoms. The average Bonchev–Trinajstić information content (AvgIpc) is 3.18. The van der Waals surface area contributed by atoms with Crippen molar-refractivity contribution in [2.24, 2.45) is 11.8 Å². The van der Waals surface area contributed by atoms with Crippen molar-refractivity contribution in [3.05, 3.63) is 59.7 Å². The fourth-order valence-corrected chi connectivity index (χ4v) is 5.31. The van der Waals surface area contributed by atoms with Crippen LogP contribution in [-0.4, -0.2) is 53.5 Å². The zero-order valence-corrected chi connectivity index (χ0v) is 19.8. The summed E-state index contributed by atoms with van der Waals surface area (Å²) in [5.41, 5.74) is 4.59. The van der Waals surface area contributed by atoms with Gasteiger partial charge in [-0.1, -0.05) is 61.4 Å². The van der Waals surface area contributed by atoms with Crippen LogP contribution in [0.3, 0.4) is 0 Å². The van der Waals surface area contributed by atoms with Crippen molar-refractivity contribution in [2.75, 3.05) is 13.2 Å². The van der Waals surface area contributed by atoms with E-state index < -0.39 is 36.0 Å². The van der Waals surface area contributed by atoms with Crippen LogP contribution in [-0.2, 0) is 14.3 Å². The number of amides is 2. The minimum Gasteiger partial charge on any atom is -0.480 e. The molecule has 1 fully saturated rings. The summed E-state index contributed by atoms with van der Waals surface area (Å²) in [6.07, 6.45) is 1.38. The highest BCUT2D eigenvalue weighted by molar-refractivity contribution is 5.85. The molecular weight excluding hydrogens is 448 g/mol. The second kappa shape index (κ2) is 10.9. The van der Waals surface area contributed by atoms with Crippen molar-refractivity contribution >= 4 is 18.0 Å². The summed E-state index contributed by atoms with van der Waals surface area (Å²) < 4.78 is 5.59. The molecule has 8 nitrogen and oxygen atoms in total. The molecule has 186 valence electrons. The van der Waals surface area contributed by atoms with Gasteiger partial charge in [-0.15, -0.1) is 0 Å². The van der Waals surface area contributed by atoms with E-state index in [1.54, 1.807) is 0 Å². The Labute approximate surface area is 204 Å². The first-order valence-corrected chi connectivity index (χ1v) is 12.2. The number of carboxylic acid groups (broad SMARTS) is 1. The molecule has 0 heterocycles. The highest BCUT2D eigenvalue weighted by Crippen LogP contribution is 2.44. The lowest BCUT2D eigenvalue weighted by Crippen LogP contribution is -2.51. The van der Waals surface area contributed by atoms with Gasteiger partial charge in [0.1, 0.15) is 6.61 Å². The summed E-state index contributed by atoms with van der Waals surface area (Å²) >= 11 is 0. The van der Waals surface area contributed by atoms with E-state index in [0.29, 0.717) is 6.42 Å². The van der Waals surface area contributed by atoms with E-state index in [-0.39, 0.29) is 25.0 Å². The molecule has 2 aromatic carbocycles. The number of benzene rings is 2. The first kappa shape index (κ1) is 24.7. The average molecular weight is 481 g/mol. The molecule has 0 radical (unpaired) electrons. The Morgan fingerprint density at radius 2 is 1.60 bits per heavy atom. The number of aliphatic hydroxyl groups excluding tert-OH is 1. The van der Waals surface area contributed by atoms with Crippen molar-refractivity contribution in [2.45, 2.75) is 50.7 Å². The number of aliphatic hydroxyl groups is 1. The Morgan fingerprint density at radius 3 is 2.20 bits per heavy atom. The van der Waals surface area contributed by atoms with Crippen LogP contribution >= 0.6 is 0 Å². The van der Waals surface area contributed by atoms with Crippen molar-refractivity contribution in [1.82, 2.24) is 10.6 Å². The minimum atomic E-state index is -1.36. The third-order valence-electron chi connectivity index (χ3n) is 7.14. The maximum absolute atomic E-state index is 12.8. The van der Waals surface area contributed by atoms with Gasteiger partial charge in [-0.2, -0.15) is 0 Å². The summed E-state index contributed by atoms with van der Waals surface area (Å²) in [7, 11) is 0. The number of carbonyl (C=O) groups is 3. The molecule has 8 heteroatoms. The van der Waals surface area contributed by atoms with Gasteiger partial charge in [-0.25, -0.2) is 9.59 Å². The molecule has 1 saturated carbocycles. The fraction of sp³-hybridized carbons (Fsp3) is 0.444. The van der Waals surface area contributed by atoms with Gasteiger partial charge in [0.2, 0.25) is 5.91 Å². The number of aliphatic carboxylic acids is 1. The highest BCUT2D eigenvalue weighted by Gasteiger charge is 2.35. The lowest BCUT2D eigenvalue weighted by Gasteiger charge is -2.31. The van der Waals surface area contributed by atoms with E-state index in [1.807, 2.05) is 24.3 Å². The predicted molar refractivity (Wildman–Crippen MR) is 130 cm³/mol. The zero-order chi connectivity index (χ0) is 24.9. The number of alkyl carbamates (subject to hydrolysis) is 1. The monoisotopic (exact) mass is 480 g/mol. The lowest BCUT2D eigenvalue weighted by molar-refractivity contribution is -0.146. The van der Waals surface area contributed by atoms with Crippen molar-refractivity contribution in [3.8, 4) is 11.1 Å². The smallest absolute Gasteiger partial charge is 0.407 e. The molecule has 4 atom stereocenters. The van der Waals surface area contributed by atoms with Crippen LogP contribution in [0.15, 0.2) is 48.5 Å². The molecule has 0 aliphatic heterocycles. The first-order valence-electron chi connectivity index (χ1n) is 12.2. The molecular formula is C27H32N2O6. The van der Waals surface area contributed by atoms with Crippen LogP contribution in [0, 0.1) is 11.8 Å². The molecule has 2 aliphatic carbocycles. The number of hydrogen-bond acceptors (Lipinski definition) is 5. The number of hydrogen-bond donors (Lipinski definition) is 4. The number of rotatable bonds is 8. The van der Waals surface area contributed by atoms with Gasteiger partial charge in [0.15, 0.2) is 6.04 Å². The van der Waals surface area contributed by atoms with E-state index in [0.717, 1.165) is 41.5 Å². The molecule has 2 amide bonds. The van der Waals surface area contributed by atoms with Crippen LogP contribution in [0.2, 0.25) is 0 Å². The Morgan fingerprint density at radius 1 is 1.00 bits per heavy atom. The quantitative estimate of drug-likeness (QED) is 0.460. The highest BCUT2D eigenvalue weighted by atomic mass is 16.5. The van der Waals surface area contributed by atoms with Gasteiger partial charge < -0.3 is 25.6 Å². The Kier molecular flexibility index (Phi) is 7.70. The van der Waals surface area contributed by atoms with Crippen LogP contribution in [0.4, 0.5) is 4.79 Å². The van der Waals surface area contributed by atoms with E-state index in [1.165, 1.54) is 6.92 Å². The van der Waals surface area contributed by atoms with E-state index in [4.69, 9.17) is 4.74 Å². The largest absolute Gasteiger partial charge is 0.480 e. The molecule has 0 saturated heterocycles. The molecule has 2 aromatic rings. The summed E-state index contributed by atoms with van der Waals surface area (Å²) in [5, 5.41) is 24.2. The Hall–Kier alpha value is -3.39. The fourth-order valence-electron chi connectivity index (χ4n) is 5.31. The van der Waals surface area contributed by atoms with Gasteiger partial charge in [0.05, 0.1) is 6.10 Å². The van der Waals surface area contributed by atoms with Crippen molar-refractivity contribution in [3.63, 3.8) is 0 Å². The van der Waals surface area contributed by atoms with Gasteiger partial charge in [0, 0.05) is 18.4 Å². The van der Waals surface area contributed by atoms with E-state index in [2.05, 4.69) is 34.9 Å². The predicted octanol–water partition coefficient (Wildman–Crippen LogP) is 3.28. The van der Waals surface area contributed by atoms with Crippen LogP contribution in [0.25, 0.3) is 11.1 Å². The second-order valence-electron chi connectivity index (χ2n) is 9.42. The summed E-state index contributed by atoms with van der Waals surface area (Å²) in [4.78, 5) is 36.7. The third kappa shape index (κ3) is 5.48. The SMILES string of the molecule is CC(O)C(NC(=O)C1CCCCC1CNC(=O)OCC1c2ccccc2-c2ccccc21)C(=O)O. The number of nitrogens with one attached hydrogen (secondary N) is 2. The van der Waals surface area contributed by atoms with Crippen LogP contribution in [0.5, 0.6) is 0 Å². The minimum absolute atomic E-state index is 0.0326. The maximum atomic E-state index is 12.8. The van der Waals surface area contributed by atoms with E-state index >= 15 is 0 Å². The van der Waals surface area contributed by atoms with Gasteiger partial charge >= 0.3 is 12.1 Å². The van der Waals surface area contributed by atoms with E-state index in [9.17, 15) is 24.6 Å². The standard InChI is InChI=1S/C27H32N2O6/c1-16(30)24(26(32)33)29-25(31)18-9-3-2-8-17(18)14-28-27(34)35-15-23-21-12-6-4-10-19(21)20-11-5-7-13-22(20)23/h4-7,10-13,16-18,23-24,30H,2-3,8-9,14-15H2,1H3,(H,28,34)(H,29,31)(H,32,33). The number of fused-ring (bicyclic) bond motifs is 3. The number of carbonyl (C=O) groups excluding carboxylic acids is 2. The Bertz CT molecular complexity index is 1040. The van der Waals surface area contributed by atoms with Gasteiger partial charge in [-0.05, 0) is 47.9 Å². The molecule has 4 N–H and O–H groups in total. The van der Waals surface area contributed by atoms with Gasteiger partial charge in [0.25, 0.3) is 0 Å². The topological polar surface area (TPSA) is 125 Å². The molecule has 35 heavy (non-hydrogen) atoms. The first-order chi connectivity index (χ1) is 16.9. The van der Waals surface area contributed by atoms with Gasteiger partial charge in [-0.3, -0.25) is 4.79 Å². The molecule has 2 aliphatic rings.